The quantitative estimate of drug-likeness (QED) is 0.301. The first-order valence-electron chi connectivity index (χ1n) is 8.41. The molecule has 0 atom stereocenters. The zero-order valence-corrected chi connectivity index (χ0v) is 16.2. The van der Waals surface area contributed by atoms with Crippen molar-refractivity contribution < 1.29 is 23.8 Å². The lowest BCUT2D eigenvalue weighted by Crippen LogP contribution is -2.18. The minimum atomic E-state index is -0.709. The van der Waals surface area contributed by atoms with Gasteiger partial charge in [0.15, 0.2) is 6.61 Å². The van der Waals surface area contributed by atoms with Crippen molar-refractivity contribution in [2.75, 3.05) is 13.2 Å². The predicted octanol–water partition coefficient (Wildman–Crippen LogP) is 4.10. The Bertz CT molecular complexity index is 946. The lowest BCUT2D eigenvalue weighted by molar-refractivity contribution is -0.138. The largest absolute Gasteiger partial charge is 0.482 e. The summed E-state index contributed by atoms with van der Waals surface area (Å²) in [5.74, 6) is -0.511. The van der Waals surface area contributed by atoms with Crippen LogP contribution in [-0.4, -0.2) is 25.2 Å². The Labute approximate surface area is 167 Å². The maximum atomic E-state index is 12.0. The van der Waals surface area contributed by atoms with Crippen LogP contribution in [0.5, 0.6) is 11.5 Å². The van der Waals surface area contributed by atoms with Crippen molar-refractivity contribution in [1.29, 1.82) is 5.26 Å². The molecule has 6 nitrogen and oxygen atoms in total. The van der Waals surface area contributed by atoms with Crippen molar-refractivity contribution in [1.82, 2.24) is 0 Å². The summed E-state index contributed by atoms with van der Waals surface area (Å²) in [6, 6.07) is 13.3. The third kappa shape index (κ3) is 6.15. The molecule has 0 saturated carbocycles. The van der Waals surface area contributed by atoms with Gasteiger partial charge in [0.05, 0.1) is 6.61 Å². The molecule has 2 aromatic carbocycles. The van der Waals surface area contributed by atoms with Crippen LogP contribution < -0.4 is 9.47 Å². The molecule has 0 N–H and O–H groups in total. The lowest BCUT2D eigenvalue weighted by Gasteiger charge is -2.09. The Kier molecular flexibility index (Phi) is 7.61. The first kappa shape index (κ1) is 21.0. The number of rotatable bonds is 7. The summed E-state index contributed by atoms with van der Waals surface area (Å²) in [6.45, 7) is 3.36. The maximum absolute atomic E-state index is 12.0. The van der Waals surface area contributed by atoms with Crippen LogP contribution in [0.4, 0.5) is 0 Å². The molecular formula is C21H18ClNO5. The van der Waals surface area contributed by atoms with E-state index in [0.29, 0.717) is 16.3 Å². The van der Waals surface area contributed by atoms with Crippen molar-refractivity contribution in [3.05, 3.63) is 64.2 Å². The fraction of sp³-hybridized carbons (Fsp3) is 0.190. The Morgan fingerprint density at radius 2 is 2.00 bits per heavy atom. The van der Waals surface area contributed by atoms with Gasteiger partial charge in [-0.05, 0) is 61.4 Å². The SMILES string of the molecule is CCOC(=O)/C(C#N)=C/c1cccc(OC(=O)COc2ccc(Cl)cc2C)c1. The van der Waals surface area contributed by atoms with Crippen molar-refractivity contribution >= 4 is 29.6 Å². The molecule has 0 radical (unpaired) electrons. The number of esters is 2. The molecule has 0 aliphatic rings. The fourth-order valence-corrected chi connectivity index (χ4v) is 2.48. The zero-order valence-electron chi connectivity index (χ0n) is 15.4. The van der Waals surface area contributed by atoms with E-state index in [1.807, 2.05) is 6.92 Å². The summed E-state index contributed by atoms with van der Waals surface area (Å²) in [5.41, 5.74) is 1.17. The molecule has 0 unspecified atom stereocenters. The number of nitriles is 1. The molecule has 0 saturated heterocycles. The molecule has 7 heteroatoms. The van der Waals surface area contributed by atoms with E-state index in [9.17, 15) is 9.59 Å². The molecule has 2 aromatic rings. The van der Waals surface area contributed by atoms with Crippen molar-refractivity contribution in [2.45, 2.75) is 13.8 Å². The molecule has 0 aromatic heterocycles. The van der Waals surface area contributed by atoms with Gasteiger partial charge in [0, 0.05) is 5.02 Å². The maximum Gasteiger partial charge on any atom is 0.349 e. The van der Waals surface area contributed by atoms with Gasteiger partial charge in [0.1, 0.15) is 23.1 Å². The molecule has 0 aliphatic heterocycles. The van der Waals surface area contributed by atoms with Crippen molar-refractivity contribution in [2.24, 2.45) is 0 Å². The minimum absolute atomic E-state index is 0.146. The number of ether oxygens (including phenoxy) is 3. The van der Waals surface area contributed by atoms with Gasteiger partial charge < -0.3 is 14.2 Å². The molecule has 0 bridgehead atoms. The van der Waals surface area contributed by atoms with Gasteiger partial charge in [-0.2, -0.15) is 5.26 Å². The number of hydrogen-bond acceptors (Lipinski definition) is 6. The summed E-state index contributed by atoms with van der Waals surface area (Å²) in [7, 11) is 0. The molecule has 0 aliphatic carbocycles. The van der Waals surface area contributed by atoms with Crippen LogP contribution in [0.15, 0.2) is 48.0 Å². The standard InChI is InChI=1S/C21H18ClNO5/c1-3-26-21(25)16(12-23)10-15-5-4-6-18(11-15)28-20(24)13-27-19-8-7-17(22)9-14(19)2/h4-11H,3,13H2,1-2H3/b16-10+. The third-order valence-corrected chi connectivity index (χ3v) is 3.73. The first-order valence-corrected chi connectivity index (χ1v) is 8.79. The summed E-state index contributed by atoms with van der Waals surface area (Å²) < 4.78 is 15.5. The van der Waals surface area contributed by atoms with Gasteiger partial charge >= 0.3 is 11.9 Å². The van der Waals surface area contributed by atoms with Crippen LogP contribution in [0.2, 0.25) is 5.02 Å². The molecular weight excluding hydrogens is 382 g/mol. The first-order chi connectivity index (χ1) is 13.4. The molecule has 0 amide bonds. The molecule has 2 rings (SSSR count). The molecule has 28 heavy (non-hydrogen) atoms. The number of hydrogen-bond donors (Lipinski definition) is 0. The zero-order chi connectivity index (χ0) is 20.5. The average Bonchev–Trinajstić information content (AvgIpc) is 2.66. The second-order valence-electron chi connectivity index (χ2n) is 5.64. The highest BCUT2D eigenvalue weighted by molar-refractivity contribution is 6.30. The van der Waals surface area contributed by atoms with Gasteiger partial charge in [-0.1, -0.05) is 23.7 Å². The molecule has 144 valence electrons. The third-order valence-electron chi connectivity index (χ3n) is 3.50. The number of benzene rings is 2. The number of carbonyl (C=O) groups is 2. The average molecular weight is 400 g/mol. The summed E-state index contributed by atoms with van der Waals surface area (Å²) in [5, 5.41) is 9.67. The Balaban J connectivity index is 2.02. The summed E-state index contributed by atoms with van der Waals surface area (Å²) in [4.78, 5) is 23.7. The van der Waals surface area contributed by atoms with Crippen LogP contribution in [0.25, 0.3) is 6.08 Å². The predicted molar refractivity (Wildman–Crippen MR) is 104 cm³/mol. The number of carbonyl (C=O) groups excluding carboxylic acids is 2. The highest BCUT2D eigenvalue weighted by atomic mass is 35.5. The second kappa shape index (κ2) is 10.1. The fourth-order valence-electron chi connectivity index (χ4n) is 2.25. The second-order valence-corrected chi connectivity index (χ2v) is 6.07. The number of nitrogens with zero attached hydrogens (tertiary/aromatic N) is 1. The Hall–Kier alpha value is -3.30. The van der Waals surface area contributed by atoms with E-state index in [0.717, 1.165) is 5.56 Å². The van der Waals surface area contributed by atoms with E-state index in [4.69, 9.17) is 31.1 Å². The van der Waals surface area contributed by atoms with Crippen LogP contribution in [0.1, 0.15) is 18.1 Å². The van der Waals surface area contributed by atoms with Crippen LogP contribution in [0.3, 0.4) is 0 Å². The summed E-state index contributed by atoms with van der Waals surface area (Å²) in [6.07, 6.45) is 1.36. The molecule has 0 spiro atoms. The van der Waals surface area contributed by atoms with Gasteiger partial charge in [0.2, 0.25) is 0 Å². The minimum Gasteiger partial charge on any atom is -0.482 e. The van der Waals surface area contributed by atoms with Crippen molar-refractivity contribution in [3.63, 3.8) is 0 Å². The number of aryl methyl sites for hydroxylation is 1. The van der Waals surface area contributed by atoms with E-state index in [1.54, 1.807) is 49.4 Å². The highest BCUT2D eigenvalue weighted by Gasteiger charge is 2.11. The normalized spacial score (nSPS) is 10.7. The van der Waals surface area contributed by atoms with E-state index < -0.39 is 11.9 Å². The van der Waals surface area contributed by atoms with Gasteiger partial charge in [-0.15, -0.1) is 0 Å². The smallest absolute Gasteiger partial charge is 0.349 e. The van der Waals surface area contributed by atoms with Gasteiger partial charge in [-0.25, -0.2) is 9.59 Å². The topological polar surface area (TPSA) is 85.6 Å². The number of halogens is 1. The van der Waals surface area contributed by atoms with Gasteiger partial charge in [-0.3, -0.25) is 0 Å². The monoisotopic (exact) mass is 399 g/mol. The van der Waals surface area contributed by atoms with Crippen LogP contribution in [0, 0.1) is 18.3 Å². The Morgan fingerprint density at radius 1 is 1.21 bits per heavy atom. The highest BCUT2D eigenvalue weighted by Crippen LogP contribution is 2.22. The van der Waals surface area contributed by atoms with E-state index in [1.165, 1.54) is 12.1 Å². The van der Waals surface area contributed by atoms with Crippen LogP contribution in [-0.2, 0) is 14.3 Å². The van der Waals surface area contributed by atoms with Gasteiger partial charge in [0.25, 0.3) is 0 Å². The summed E-state index contributed by atoms with van der Waals surface area (Å²) >= 11 is 5.88. The molecule has 0 fully saturated rings. The van der Waals surface area contributed by atoms with E-state index >= 15 is 0 Å². The lowest BCUT2D eigenvalue weighted by atomic mass is 10.1. The van der Waals surface area contributed by atoms with Crippen LogP contribution >= 0.6 is 11.6 Å². The van der Waals surface area contributed by atoms with Crippen molar-refractivity contribution in [3.8, 4) is 17.6 Å². The van der Waals surface area contributed by atoms with E-state index in [2.05, 4.69) is 0 Å². The molecule has 0 heterocycles. The Morgan fingerprint density at radius 3 is 2.68 bits per heavy atom. The van der Waals surface area contributed by atoms with E-state index in [-0.39, 0.29) is 24.5 Å².